The van der Waals surface area contributed by atoms with Crippen LogP contribution in [0.4, 0.5) is 0 Å². The minimum Gasteiger partial charge on any atom is -0.508 e. The van der Waals surface area contributed by atoms with Crippen LogP contribution in [0, 0.1) is 0 Å². The summed E-state index contributed by atoms with van der Waals surface area (Å²) >= 11 is 0. The number of phenolic OH excluding ortho intramolecular Hbond substituents is 2. The maximum Gasteiger partial charge on any atom is 0.343 e. The molecule has 0 atom stereocenters. The largest absolute Gasteiger partial charge is 0.508 e. The van der Waals surface area contributed by atoms with Gasteiger partial charge in [0, 0.05) is 0 Å². The smallest absolute Gasteiger partial charge is 0.343 e. The highest BCUT2D eigenvalue weighted by Gasteiger charge is 2.06. The second kappa shape index (κ2) is 8.24. The average molecular weight is 308 g/mol. The van der Waals surface area contributed by atoms with Crippen molar-refractivity contribution in [3.63, 3.8) is 0 Å². The van der Waals surface area contributed by atoms with E-state index in [2.05, 4.69) is 0 Å². The van der Waals surface area contributed by atoms with Gasteiger partial charge in [-0.1, -0.05) is 36.4 Å². The normalized spacial score (nSPS) is 9.39. The Hall–Kier alpha value is -3.27. The molecule has 116 valence electrons. The molecule has 0 amide bonds. The van der Waals surface area contributed by atoms with Gasteiger partial charge < -0.3 is 14.9 Å². The highest BCUT2D eigenvalue weighted by Crippen LogP contribution is 2.13. The molecule has 3 aromatic rings. The van der Waals surface area contributed by atoms with Crippen LogP contribution in [0.15, 0.2) is 84.9 Å². The van der Waals surface area contributed by atoms with Crippen molar-refractivity contribution in [2.45, 2.75) is 0 Å². The lowest BCUT2D eigenvalue weighted by molar-refractivity contribution is 0.0735. The number of hydrogen-bond acceptors (Lipinski definition) is 4. The van der Waals surface area contributed by atoms with Crippen LogP contribution < -0.4 is 4.74 Å². The molecule has 3 rings (SSSR count). The van der Waals surface area contributed by atoms with Crippen molar-refractivity contribution in [2.75, 3.05) is 0 Å². The van der Waals surface area contributed by atoms with Crippen LogP contribution in [0.1, 0.15) is 10.4 Å². The van der Waals surface area contributed by atoms with Crippen LogP contribution in [0.3, 0.4) is 0 Å². The van der Waals surface area contributed by atoms with Gasteiger partial charge >= 0.3 is 5.97 Å². The first kappa shape index (κ1) is 16.1. The highest BCUT2D eigenvalue weighted by atomic mass is 16.5. The van der Waals surface area contributed by atoms with E-state index >= 15 is 0 Å². The van der Waals surface area contributed by atoms with Crippen LogP contribution >= 0.6 is 0 Å². The Bertz CT molecular complexity index is 701. The predicted octanol–water partition coefficient (Wildman–Crippen LogP) is 4.00. The zero-order valence-electron chi connectivity index (χ0n) is 12.3. The van der Waals surface area contributed by atoms with Crippen LogP contribution in [0.25, 0.3) is 0 Å². The zero-order valence-corrected chi connectivity index (χ0v) is 12.3. The summed E-state index contributed by atoms with van der Waals surface area (Å²) in [7, 11) is 0. The number of benzene rings is 3. The van der Waals surface area contributed by atoms with Gasteiger partial charge in [0.25, 0.3) is 0 Å². The van der Waals surface area contributed by atoms with E-state index in [-0.39, 0.29) is 17.5 Å². The summed E-state index contributed by atoms with van der Waals surface area (Å²) < 4.78 is 5.16. The Morgan fingerprint density at radius 2 is 1.09 bits per heavy atom. The van der Waals surface area contributed by atoms with Crippen molar-refractivity contribution < 1.29 is 19.7 Å². The summed E-state index contributed by atoms with van der Waals surface area (Å²) in [5.41, 5.74) is 0.557. The maximum atomic E-state index is 11.6. The Balaban J connectivity index is 0.000000203. The number of para-hydroxylation sites is 1. The van der Waals surface area contributed by atoms with Gasteiger partial charge in [0.05, 0.1) is 5.56 Å². The quantitative estimate of drug-likeness (QED) is 0.426. The van der Waals surface area contributed by atoms with E-state index in [1.807, 2.05) is 36.4 Å². The van der Waals surface area contributed by atoms with E-state index in [0.717, 1.165) is 0 Å². The first-order chi connectivity index (χ1) is 11.1. The van der Waals surface area contributed by atoms with Crippen LogP contribution in [-0.2, 0) is 0 Å². The van der Waals surface area contributed by atoms with Crippen molar-refractivity contribution in [2.24, 2.45) is 0 Å². The average Bonchev–Trinajstić information content (AvgIpc) is 2.60. The van der Waals surface area contributed by atoms with Crippen LogP contribution in [-0.4, -0.2) is 16.2 Å². The van der Waals surface area contributed by atoms with Gasteiger partial charge in [-0.05, 0) is 48.5 Å². The molecule has 4 heteroatoms. The van der Waals surface area contributed by atoms with Crippen molar-refractivity contribution in [1.82, 2.24) is 0 Å². The number of aromatic hydroxyl groups is 2. The lowest BCUT2D eigenvalue weighted by Gasteiger charge is -2.02. The summed E-state index contributed by atoms with van der Waals surface area (Å²) in [6.07, 6.45) is 0. The first-order valence-electron chi connectivity index (χ1n) is 6.95. The third kappa shape index (κ3) is 5.55. The van der Waals surface area contributed by atoms with Gasteiger partial charge in [-0.3, -0.25) is 0 Å². The second-order valence-electron chi connectivity index (χ2n) is 4.58. The molecule has 0 heterocycles. The van der Waals surface area contributed by atoms with Crippen molar-refractivity contribution in [3.8, 4) is 17.2 Å². The molecule has 3 aromatic carbocycles. The fourth-order valence-corrected chi connectivity index (χ4v) is 1.68. The molecular weight excluding hydrogens is 292 g/mol. The topological polar surface area (TPSA) is 66.8 Å². The van der Waals surface area contributed by atoms with Crippen molar-refractivity contribution in [3.05, 3.63) is 90.5 Å². The summed E-state index contributed by atoms with van der Waals surface area (Å²) in [6.45, 7) is 0. The van der Waals surface area contributed by atoms with Gasteiger partial charge in [0.2, 0.25) is 0 Å². The molecule has 0 fully saturated rings. The number of carbonyl (C=O) groups excluding carboxylic acids is 1. The Morgan fingerprint density at radius 3 is 1.57 bits per heavy atom. The maximum absolute atomic E-state index is 11.6. The van der Waals surface area contributed by atoms with Crippen molar-refractivity contribution in [1.29, 1.82) is 0 Å². The molecule has 0 aliphatic carbocycles. The monoisotopic (exact) mass is 308 g/mol. The molecule has 23 heavy (non-hydrogen) atoms. The van der Waals surface area contributed by atoms with Gasteiger partial charge in [-0.2, -0.15) is 0 Å². The molecule has 0 radical (unpaired) electrons. The summed E-state index contributed by atoms with van der Waals surface area (Å²) in [5, 5.41) is 17.3. The minimum atomic E-state index is -0.332. The minimum absolute atomic E-state index is 0.169. The second-order valence-corrected chi connectivity index (χ2v) is 4.58. The zero-order chi connectivity index (χ0) is 16.5. The van der Waals surface area contributed by atoms with Crippen LogP contribution in [0.2, 0.25) is 0 Å². The molecular formula is C19H16O4. The third-order valence-corrected chi connectivity index (χ3v) is 2.81. The van der Waals surface area contributed by atoms with Gasteiger partial charge in [0.15, 0.2) is 0 Å². The van der Waals surface area contributed by atoms with Crippen LogP contribution in [0.5, 0.6) is 17.2 Å². The van der Waals surface area contributed by atoms with Gasteiger partial charge in [-0.15, -0.1) is 0 Å². The van der Waals surface area contributed by atoms with E-state index in [1.165, 1.54) is 24.3 Å². The molecule has 0 aromatic heterocycles. The van der Waals surface area contributed by atoms with E-state index in [0.29, 0.717) is 11.3 Å². The third-order valence-electron chi connectivity index (χ3n) is 2.81. The number of rotatable bonds is 2. The van der Waals surface area contributed by atoms with Gasteiger partial charge in [0.1, 0.15) is 17.2 Å². The fourth-order valence-electron chi connectivity index (χ4n) is 1.68. The van der Waals surface area contributed by atoms with Crippen molar-refractivity contribution >= 4 is 5.97 Å². The molecule has 0 aliphatic heterocycles. The Morgan fingerprint density at radius 1 is 0.652 bits per heavy atom. The fraction of sp³-hybridized carbons (Fsp3) is 0. The lowest BCUT2D eigenvalue weighted by atomic mass is 10.2. The molecule has 0 saturated heterocycles. The molecule has 0 aliphatic rings. The predicted molar refractivity (Wildman–Crippen MR) is 87.6 cm³/mol. The highest BCUT2D eigenvalue weighted by molar-refractivity contribution is 5.90. The standard InChI is InChI=1S/C13H10O2.C6H6O2/c14-13(11-7-3-1-4-8-11)15-12-9-5-2-6-10-12;7-5-1-2-6(8)4-3-5/h1-10H;1-4,7-8H. The summed E-state index contributed by atoms with van der Waals surface area (Å²) in [5.74, 6) is 0.568. The van der Waals surface area contributed by atoms with E-state index in [9.17, 15) is 4.79 Å². The number of esters is 1. The lowest BCUT2D eigenvalue weighted by Crippen LogP contribution is -2.07. The Kier molecular flexibility index (Phi) is 5.77. The van der Waals surface area contributed by atoms with E-state index < -0.39 is 0 Å². The molecule has 0 saturated carbocycles. The molecule has 4 nitrogen and oxygen atoms in total. The number of carbonyl (C=O) groups is 1. The molecule has 2 N–H and O–H groups in total. The molecule has 0 bridgehead atoms. The SMILES string of the molecule is O=C(Oc1ccccc1)c1ccccc1.Oc1ccc(O)cc1. The number of hydrogen-bond donors (Lipinski definition) is 2. The Labute approximate surface area is 134 Å². The van der Waals surface area contributed by atoms with E-state index in [1.54, 1.807) is 24.3 Å². The molecule has 0 unspecified atom stereocenters. The van der Waals surface area contributed by atoms with Gasteiger partial charge in [-0.25, -0.2) is 4.79 Å². The first-order valence-corrected chi connectivity index (χ1v) is 6.95. The number of phenols is 2. The molecule has 0 spiro atoms. The van der Waals surface area contributed by atoms with E-state index in [4.69, 9.17) is 14.9 Å². The summed E-state index contributed by atoms with van der Waals surface area (Å²) in [6, 6.07) is 23.7. The number of ether oxygens (including phenoxy) is 1. The summed E-state index contributed by atoms with van der Waals surface area (Å²) in [4.78, 5) is 11.6.